The predicted octanol–water partition coefficient (Wildman–Crippen LogP) is 2.99. The number of carbonyl (C=O) groups excluding carboxylic acids is 2. The minimum absolute atomic E-state index is 0.146. The summed E-state index contributed by atoms with van der Waals surface area (Å²) in [6.45, 7) is 1.68. The third kappa shape index (κ3) is 3.74. The van der Waals surface area contributed by atoms with E-state index < -0.39 is 6.10 Å². The van der Waals surface area contributed by atoms with Crippen molar-refractivity contribution in [3.63, 3.8) is 0 Å². The van der Waals surface area contributed by atoms with E-state index in [0.29, 0.717) is 30.0 Å². The number of hydrogen-bond acceptors (Lipinski definition) is 4. The summed E-state index contributed by atoms with van der Waals surface area (Å²) >= 11 is 0. The zero-order chi connectivity index (χ0) is 17.8. The van der Waals surface area contributed by atoms with Crippen molar-refractivity contribution in [1.29, 1.82) is 0 Å². The Kier molecular flexibility index (Phi) is 4.88. The zero-order valence-electron chi connectivity index (χ0n) is 14.2. The largest absolute Gasteiger partial charge is 0.496 e. The molecular formula is C19H20N2O4. The number of anilines is 2. The number of nitrogens with one attached hydrogen (secondary N) is 2. The molecule has 130 valence electrons. The van der Waals surface area contributed by atoms with E-state index in [1.165, 1.54) is 0 Å². The molecule has 0 aliphatic carbocycles. The summed E-state index contributed by atoms with van der Waals surface area (Å²) < 4.78 is 10.8. The van der Waals surface area contributed by atoms with Crippen LogP contribution >= 0.6 is 0 Å². The molecule has 1 atom stereocenters. The van der Waals surface area contributed by atoms with E-state index in [4.69, 9.17) is 9.47 Å². The predicted molar refractivity (Wildman–Crippen MR) is 95.1 cm³/mol. The molecule has 1 aliphatic heterocycles. The number of para-hydroxylation sites is 2. The van der Waals surface area contributed by atoms with Gasteiger partial charge in [0, 0.05) is 6.42 Å². The molecule has 0 fully saturated rings. The molecule has 2 N–H and O–H groups in total. The van der Waals surface area contributed by atoms with Crippen LogP contribution in [0.3, 0.4) is 0 Å². The third-order valence-electron chi connectivity index (χ3n) is 4.04. The maximum Gasteiger partial charge on any atom is 0.265 e. The minimum atomic E-state index is -0.552. The second-order valence-corrected chi connectivity index (χ2v) is 5.79. The van der Waals surface area contributed by atoms with Gasteiger partial charge < -0.3 is 20.1 Å². The molecule has 2 aromatic carbocycles. The van der Waals surface area contributed by atoms with E-state index >= 15 is 0 Å². The molecule has 3 rings (SSSR count). The van der Waals surface area contributed by atoms with Crippen molar-refractivity contribution >= 4 is 23.2 Å². The summed E-state index contributed by atoms with van der Waals surface area (Å²) in [6.07, 6.45) is 0.309. The van der Waals surface area contributed by atoms with Crippen LogP contribution in [0.1, 0.15) is 18.9 Å². The second kappa shape index (κ2) is 7.25. The van der Waals surface area contributed by atoms with Gasteiger partial charge in [0.1, 0.15) is 17.2 Å². The monoisotopic (exact) mass is 340 g/mol. The van der Waals surface area contributed by atoms with Crippen molar-refractivity contribution in [2.45, 2.75) is 25.9 Å². The van der Waals surface area contributed by atoms with E-state index in [-0.39, 0.29) is 11.8 Å². The van der Waals surface area contributed by atoms with E-state index in [1.54, 1.807) is 32.2 Å². The summed E-state index contributed by atoms with van der Waals surface area (Å²) in [7, 11) is 1.61. The van der Waals surface area contributed by atoms with Crippen molar-refractivity contribution < 1.29 is 19.1 Å². The summed E-state index contributed by atoms with van der Waals surface area (Å²) in [5.74, 6) is 0.937. The number of aryl methyl sites for hydroxylation is 1. The van der Waals surface area contributed by atoms with Gasteiger partial charge in [-0.3, -0.25) is 9.59 Å². The average molecular weight is 340 g/mol. The van der Waals surface area contributed by atoms with E-state index in [2.05, 4.69) is 10.6 Å². The molecule has 6 heteroatoms. The molecule has 0 bridgehead atoms. The summed E-state index contributed by atoms with van der Waals surface area (Å²) in [6, 6.07) is 12.9. The van der Waals surface area contributed by atoms with Gasteiger partial charge in [0.05, 0.1) is 12.8 Å². The summed E-state index contributed by atoms with van der Waals surface area (Å²) in [5.41, 5.74) is 2.00. The van der Waals surface area contributed by atoms with Gasteiger partial charge in [0.25, 0.3) is 5.91 Å². The lowest BCUT2D eigenvalue weighted by Crippen LogP contribution is -2.34. The fourth-order valence-electron chi connectivity index (χ4n) is 2.70. The quantitative estimate of drug-likeness (QED) is 0.877. The van der Waals surface area contributed by atoms with Crippen molar-refractivity contribution in [2.75, 3.05) is 17.7 Å². The first kappa shape index (κ1) is 16.8. The first-order valence-corrected chi connectivity index (χ1v) is 8.10. The van der Waals surface area contributed by atoms with Crippen LogP contribution in [0.4, 0.5) is 11.4 Å². The molecule has 0 spiro atoms. The van der Waals surface area contributed by atoms with E-state index in [1.807, 2.05) is 24.3 Å². The van der Waals surface area contributed by atoms with Crippen molar-refractivity contribution in [1.82, 2.24) is 0 Å². The Hall–Kier alpha value is -3.02. The van der Waals surface area contributed by atoms with Gasteiger partial charge in [0.15, 0.2) is 6.10 Å². The molecule has 2 aromatic rings. The Morgan fingerprint density at radius 1 is 1.24 bits per heavy atom. The number of fused-ring (bicyclic) bond motifs is 1. The molecule has 25 heavy (non-hydrogen) atoms. The Morgan fingerprint density at radius 3 is 2.84 bits per heavy atom. The van der Waals surface area contributed by atoms with Gasteiger partial charge in [0.2, 0.25) is 5.91 Å². The molecule has 0 saturated heterocycles. The van der Waals surface area contributed by atoms with E-state index in [9.17, 15) is 9.59 Å². The van der Waals surface area contributed by atoms with Gasteiger partial charge in [-0.05, 0) is 37.1 Å². The minimum Gasteiger partial charge on any atom is -0.496 e. The lowest BCUT2D eigenvalue weighted by molar-refractivity contribution is -0.122. The standard InChI is InChI=1S/C19H20N2O4/c1-12-19(23)21-18-14(7-5-9-16(18)25-12)20-17(22)11-10-13-6-3-4-8-15(13)24-2/h3-9,12H,10-11H2,1-2H3,(H,20,22)(H,21,23). The Bertz CT molecular complexity index is 804. The number of benzene rings is 2. The first-order valence-electron chi connectivity index (χ1n) is 8.10. The van der Waals surface area contributed by atoms with Gasteiger partial charge in [-0.2, -0.15) is 0 Å². The summed E-state index contributed by atoms with van der Waals surface area (Å²) in [5, 5.41) is 5.62. The number of amides is 2. The first-order chi connectivity index (χ1) is 12.1. The molecule has 0 radical (unpaired) electrons. The molecule has 6 nitrogen and oxygen atoms in total. The number of methoxy groups -OCH3 is 1. The summed E-state index contributed by atoms with van der Waals surface area (Å²) in [4.78, 5) is 24.1. The number of ether oxygens (including phenoxy) is 2. The molecule has 0 saturated carbocycles. The molecular weight excluding hydrogens is 320 g/mol. The molecule has 2 amide bonds. The van der Waals surface area contributed by atoms with Crippen LogP contribution < -0.4 is 20.1 Å². The van der Waals surface area contributed by atoms with Gasteiger partial charge in [-0.15, -0.1) is 0 Å². The highest BCUT2D eigenvalue weighted by atomic mass is 16.5. The van der Waals surface area contributed by atoms with Gasteiger partial charge >= 0.3 is 0 Å². The van der Waals surface area contributed by atoms with Gasteiger partial charge in [-0.1, -0.05) is 24.3 Å². The smallest absolute Gasteiger partial charge is 0.265 e. The highest BCUT2D eigenvalue weighted by molar-refractivity contribution is 6.04. The van der Waals surface area contributed by atoms with Gasteiger partial charge in [-0.25, -0.2) is 0 Å². The van der Waals surface area contributed by atoms with E-state index in [0.717, 1.165) is 11.3 Å². The second-order valence-electron chi connectivity index (χ2n) is 5.79. The fourth-order valence-corrected chi connectivity index (χ4v) is 2.70. The average Bonchev–Trinajstić information content (AvgIpc) is 2.62. The van der Waals surface area contributed by atoms with Crippen LogP contribution in [-0.4, -0.2) is 25.0 Å². The highest BCUT2D eigenvalue weighted by Crippen LogP contribution is 2.36. The molecule has 1 heterocycles. The van der Waals surface area contributed by atoms with Crippen molar-refractivity contribution in [2.24, 2.45) is 0 Å². The topological polar surface area (TPSA) is 76.7 Å². The SMILES string of the molecule is COc1ccccc1CCC(=O)Nc1cccc2c1NC(=O)C(C)O2. The van der Waals surface area contributed by atoms with Crippen molar-refractivity contribution in [3.05, 3.63) is 48.0 Å². The normalized spacial score (nSPS) is 15.6. The fraction of sp³-hybridized carbons (Fsp3) is 0.263. The van der Waals surface area contributed by atoms with Crippen LogP contribution in [0.15, 0.2) is 42.5 Å². The zero-order valence-corrected chi connectivity index (χ0v) is 14.2. The Morgan fingerprint density at radius 2 is 2.04 bits per heavy atom. The maximum atomic E-state index is 12.3. The lowest BCUT2D eigenvalue weighted by Gasteiger charge is -2.25. The van der Waals surface area contributed by atoms with Crippen molar-refractivity contribution in [3.8, 4) is 11.5 Å². The molecule has 1 aliphatic rings. The Labute approximate surface area is 146 Å². The lowest BCUT2D eigenvalue weighted by atomic mass is 10.1. The number of carbonyl (C=O) groups is 2. The third-order valence-corrected chi connectivity index (χ3v) is 4.04. The maximum absolute atomic E-state index is 12.3. The van der Waals surface area contributed by atoms with Crippen LogP contribution in [0.25, 0.3) is 0 Å². The molecule has 1 unspecified atom stereocenters. The van der Waals surface area contributed by atoms with Crippen LogP contribution in [0.5, 0.6) is 11.5 Å². The highest BCUT2D eigenvalue weighted by Gasteiger charge is 2.25. The van der Waals surface area contributed by atoms with Crippen LogP contribution in [-0.2, 0) is 16.0 Å². The van der Waals surface area contributed by atoms with Crippen LogP contribution in [0, 0.1) is 0 Å². The Balaban J connectivity index is 1.68. The number of rotatable bonds is 5. The molecule has 0 aromatic heterocycles. The van der Waals surface area contributed by atoms with Crippen LogP contribution in [0.2, 0.25) is 0 Å². The number of hydrogen-bond donors (Lipinski definition) is 2.